The van der Waals surface area contributed by atoms with Gasteiger partial charge >= 0.3 is 0 Å². The Balaban J connectivity index is 1.86. The largest absolute Gasteiger partial charge is 0.467 e. The summed E-state index contributed by atoms with van der Waals surface area (Å²) in [5, 5.41) is 2.95. The lowest BCUT2D eigenvalue weighted by atomic mass is 10.2. The highest BCUT2D eigenvalue weighted by atomic mass is 16.3. The summed E-state index contributed by atoms with van der Waals surface area (Å²) >= 11 is 0. The van der Waals surface area contributed by atoms with Crippen LogP contribution in [-0.2, 0) is 16.1 Å². The van der Waals surface area contributed by atoms with Crippen LogP contribution in [0.4, 0.5) is 0 Å². The molecule has 0 bridgehead atoms. The van der Waals surface area contributed by atoms with Crippen LogP contribution >= 0.6 is 0 Å². The van der Waals surface area contributed by atoms with E-state index in [4.69, 9.17) is 4.42 Å². The van der Waals surface area contributed by atoms with Crippen molar-refractivity contribution in [3.63, 3.8) is 0 Å². The van der Waals surface area contributed by atoms with E-state index in [9.17, 15) is 9.59 Å². The van der Waals surface area contributed by atoms with Crippen molar-refractivity contribution in [3.05, 3.63) is 24.2 Å². The van der Waals surface area contributed by atoms with Gasteiger partial charge in [0.05, 0.1) is 12.8 Å². The van der Waals surface area contributed by atoms with Crippen LogP contribution in [0.2, 0.25) is 0 Å². The summed E-state index contributed by atoms with van der Waals surface area (Å²) in [7, 11) is 0. The highest BCUT2D eigenvalue weighted by Crippen LogP contribution is 2.21. The van der Waals surface area contributed by atoms with Crippen LogP contribution in [0.5, 0.6) is 0 Å². The molecule has 2 amide bonds. The Hall–Kier alpha value is -1.82. The molecular weight excluding hydrogens is 282 g/mol. The van der Waals surface area contributed by atoms with Crippen molar-refractivity contribution in [3.8, 4) is 0 Å². The third-order valence-electron chi connectivity index (χ3n) is 4.16. The van der Waals surface area contributed by atoms with E-state index in [2.05, 4.69) is 24.1 Å². The molecule has 1 aliphatic rings. The minimum absolute atomic E-state index is 0.0142. The average Bonchev–Trinajstić information content (AvgIpc) is 3.15. The molecule has 1 aromatic heterocycles. The van der Waals surface area contributed by atoms with Crippen molar-refractivity contribution < 1.29 is 14.0 Å². The van der Waals surface area contributed by atoms with Gasteiger partial charge in [-0.3, -0.25) is 9.59 Å². The van der Waals surface area contributed by atoms with Crippen LogP contribution in [-0.4, -0.2) is 53.8 Å². The van der Waals surface area contributed by atoms with Gasteiger partial charge in [0.15, 0.2) is 0 Å². The number of nitrogens with zero attached hydrogens (tertiary/aromatic N) is 2. The van der Waals surface area contributed by atoms with Gasteiger partial charge in [0.1, 0.15) is 11.8 Å². The SMILES string of the molecule is CCN(CC)CCNC(=O)[C@@H]1CCC(=O)N1Cc1ccco1. The minimum Gasteiger partial charge on any atom is -0.467 e. The molecule has 2 rings (SSSR count). The molecule has 0 aromatic carbocycles. The summed E-state index contributed by atoms with van der Waals surface area (Å²) in [5.74, 6) is 0.654. The van der Waals surface area contributed by atoms with Gasteiger partial charge in [-0.2, -0.15) is 0 Å². The van der Waals surface area contributed by atoms with Crippen LogP contribution in [0.1, 0.15) is 32.4 Å². The Labute approximate surface area is 131 Å². The number of rotatable bonds is 8. The van der Waals surface area contributed by atoms with Gasteiger partial charge in [-0.15, -0.1) is 0 Å². The molecule has 0 spiro atoms. The van der Waals surface area contributed by atoms with Crippen molar-refractivity contribution in [2.45, 2.75) is 39.3 Å². The first-order chi connectivity index (χ1) is 10.7. The smallest absolute Gasteiger partial charge is 0.242 e. The molecule has 6 nitrogen and oxygen atoms in total. The van der Waals surface area contributed by atoms with E-state index in [0.29, 0.717) is 31.7 Å². The second kappa shape index (κ2) is 7.98. The molecular formula is C16H25N3O3. The van der Waals surface area contributed by atoms with Gasteiger partial charge < -0.3 is 19.5 Å². The van der Waals surface area contributed by atoms with Crippen molar-refractivity contribution in [1.82, 2.24) is 15.1 Å². The van der Waals surface area contributed by atoms with E-state index in [1.165, 1.54) is 0 Å². The van der Waals surface area contributed by atoms with Crippen molar-refractivity contribution in [2.75, 3.05) is 26.2 Å². The summed E-state index contributed by atoms with van der Waals surface area (Å²) in [6.07, 6.45) is 2.58. The van der Waals surface area contributed by atoms with Crippen LogP contribution in [0, 0.1) is 0 Å². The molecule has 2 heterocycles. The number of likely N-dealkylation sites (tertiary alicyclic amines) is 1. The first-order valence-corrected chi connectivity index (χ1v) is 7.97. The number of carbonyl (C=O) groups is 2. The van der Waals surface area contributed by atoms with Crippen LogP contribution in [0.15, 0.2) is 22.8 Å². The normalized spacial score (nSPS) is 18.2. The Morgan fingerprint density at radius 2 is 2.23 bits per heavy atom. The number of carbonyl (C=O) groups excluding carboxylic acids is 2. The quantitative estimate of drug-likeness (QED) is 0.784. The maximum atomic E-state index is 12.3. The average molecular weight is 307 g/mol. The van der Waals surface area contributed by atoms with Gasteiger partial charge in [0, 0.05) is 19.5 Å². The van der Waals surface area contributed by atoms with E-state index in [1.54, 1.807) is 17.2 Å². The summed E-state index contributed by atoms with van der Waals surface area (Å²) < 4.78 is 5.28. The third-order valence-corrected chi connectivity index (χ3v) is 4.16. The van der Waals surface area contributed by atoms with Crippen molar-refractivity contribution >= 4 is 11.8 Å². The summed E-state index contributed by atoms with van der Waals surface area (Å²) in [5.41, 5.74) is 0. The molecule has 122 valence electrons. The minimum atomic E-state index is -0.380. The zero-order chi connectivity index (χ0) is 15.9. The second-order valence-corrected chi connectivity index (χ2v) is 5.47. The highest BCUT2D eigenvalue weighted by molar-refractivity contribution is 5.90. The Morgan fingerprint density at radius 3 is 2.86 bits per heavy atom. The molecule has 22 heavy (non-hydrogen) atoms. The topological polar surface area (TPSA) is 65.8 Å². The number of hydrogen-bond donors (Lipinski definition) is 1. The summed E-state index contributed by atoms with van der Waals surface area (Å²) in [6.45, 7) is 7.95. The molecule has 1 aliphatic heterocycles. The number of furan rings is 1. The Morgan fingerprint density at radius 1 is 1.45 bits per heavy atom. The summed E-state index contributed by atoms with van der Waals surface area (Å²) in [4.78, 5) is 28.2. The first-order valence-electron chi connectivity index (χ1n) is 7.97. The molecule has 1 fully saturated rings. The zero-order valence-electron chi connectivity index (χ0n) is 13.4. The van der Waals surface area contributed by atoms with Gasteiger partial charge in [-0.05, 0) is 31.6 Å². The fourth-order valence-corrected chi connectivity index (χ4v) is 2.77. The zero-order valence-corrected chi connectivity index (χ0v) is 13.4. The predicted octanol–water partition coefficient (Wildman–Crippen LogP) is 1.23. The number of likely N-dealkylation sites (N-methyl/N-ethyl adjacent to an activating group) is 1. The monoisotopic (exact) mass is 307 g/mol. The van der Waals surface area contributed by atoms with Crippen LogP contribution in [0.3, 0.4) is 0 Å². The molecule has 1 N–H and O–H groups in total. The number of amides is 2. The molecule has 6 heteroatoms. The van der Waals surface area contributed by atoms with Crippen LogP contribution < -0.4 is 5.32 Å². The van der Waals surface area contributed by atoms with E-state index in [0.717, 1.165) is 19.6 Å². The predicted molar refractivity (Wildman–Crippen MR) is 83.1 cm³/mol. The first kappa shape index (κ1) is 16.5. The molecule has 0 unspecified atom stereocenters. The fourth-order valence-electron chi connectivity index (χ4n) is 2.77. The lowest BCUT2D eigenvalue weighted by molar-refractivity contribution is -0.136. The van der Waals surface area contributed by atoms with Gasteiger partial charge in [0.2, 0.25) is 11.8 Å². The standard InChI is InChI=1S/C16H25N3O3/c1-3-18(4-2)10-9-17-16(21)14-7-8-15(20)19(14)12-13-6-5-11-22-13/h5-6,11,14H,3-4,7-10,12H2,1-2H3,(H,17,21)/t14-/m0/s1. The van der Waals surface area contributed by atoms with Crippen molar-refractivity contribution in [2.24, 2.45) is 0 Å². The molecule has 0 saturated carbocycles. The Kier molecular flexibility index (Phi) is 6.00. The molecule has 0 aliphatic carbocycles. The highest BCUT2D eigenvalue weighted by Gasteiger charge is 2.36. The van der Waals surface area contributed by atoms with Crippen LogP contribution in [0.25, 0.3) is 0 Å². The molecule has 0 radical (unpaired) electrons. The van der Waals surface area contributed by atoms with E-state index < -0.39 is 0 Å². The number of hydrogen-bond acceptors (Lipinski definition) is 4. The fraction of sp³-hybridized carbons (Fsp3) is 0.625. The lowest BCUT2D eigenvalue weighted by Crippen LogP contribution is -2.46. The second-order valence-electron chi connectivity index (χ2n) is 5.47. The third kappa shape index (κ3) is 4.10. The van der Waals surface area contributed by atoms with E-state index in [1.807, 2.05) is 6.07 Å². The van der Waals surface area contributed by atoms with Gasteiger partial charge in [-0.25, -0.2) is 0 Å². The van der Waals surface area contributed by atoms with E-state index in [-0.39, 0.29) is 17.9 Å². The maximum Gasteiger partial charge on any atom is 0.242 e. The molecule has 1 atom stereocenters. The van der Waals surface area contributed by atoms with E-state index >= 15 is 0 Å². The molecule has 1 saturated heterocycles. The summed E-state index contributed by atoms with van der Waals surface area (Å²) in [6, 6.07) is 3.23. The maximum absolute atomic E-state index is 12.3. The van der Waals surface area contributed by atoms with Gasteiger partial charge in [0.25, 0.3) is 0 Å². The Bertz CT molecular complexity index is 483. The van der Waals surface area contributed by atoms with Crippen molar-refractivity contribution in [1.29, 1.82) is 0 Å². The number of nitrogens with one attached hydrogen (secondary N) is 1. The molecule has 1 aromatic rings. The van der Waals surface area contributed by atoms with Gasteiger partial charge in [-0.1, -0.05) is 13.8 Å². The lowest BCUT2D eigenvalue weighted by Gasteiger charge is -2.24.